The van der Waals surface area contributed by atoms with Crippen LogP contribution in [0.5, 0.6) is 5.75 Å². The van der Waals surface area contributed by atoms with Crippen molar-refractivity contribution < 1.29 is 4.74 Å². The third-order valence-electron chi connectivity index (χ3n) is 3.28. The van der Waals surface area contributed by atoms with Crippen LogP contribution in [0.25, 0.3) is 22.9 Å². The van der Waals surface area contributed by atoms with Crippen molar-refractivity contribution in [3.05, 3.63) is 72.1 Å². The monoisotopic (exact) mass is 291 g/mol. The Labute approximate surface area is 132 Å². The largest absolute Gasteiger partial charge is 0.495 e. The van der Waals surface area contributed by atoms with Crippen LogP contribution in [-0.4, -0.2) is 12.1 Å². The van der Waals surface area contributed by atoms with Gasteiger partial charge in [0.25, 0.3) is 0 Å². The lowest BCUT2D eigenvalue weighted by molar-refractivity contribution is 0.419. The lowest BCUT2D eigenvalue weighted by Gasteiger charge is -2.09. The molecule has 0 bridgehead atoms. The minimum Gasteiger partial charge on any atom is -0.495 e. The average molecular weight is 291 g/mol. The van der Waals surface area contributed by atoms with Gasteiger partial charge in [0, 0.05) is 23.3 Å². The number of methoxy groups -OCH3 is 1. The Kier molecular flexibility index (Phi) is 5.73. The summed E-state index contributed by atoms with van der Waals surface area (Å²) in [6, 6.07) is 16.4. The number of aromatic nitrogens is 1. The molecule has 0 aliphatic rings. The van der Waals surface area contributed by atoms with E-state index in [2.05, 4.69) is 41.4 Å². The van der Waals surface area contributed by atoms with Crippen molar-refractivity contribution >= 4 is 22.9 Å². The molecule has 2 aromatic carbocycles. The third-order valence-corrected chi connectivity index (χ3v) is 3.28. The smallest absolute Gasteiger partial charge is 0.133 e. The highest BCUT2D eigenvalue weighted by atomic mass is 16.5. The normalized spacial score (nSPS) is 10.3. The fourth-order valence-corrected chi connectivity index (χ4v) is 2.28. The molecule has 22 heavy (non-hydrogen) atoms. The van der Waals surface area contributed by atoms with Gasteiger partial charge < -0.3 is 4.74 Å². The van der Waals surface area contributed by atoms with Gasteiger partial charge in [0.15, 0.2) is 0 Å². The maximum absolute atomic E-state index is 5.58. The summed E-state index contributed by atoms with van der Waals surface area (Å²) in [4.78, 5) is 4.02. The molecule has 0 radical (unpaired) electrons. The first kappa shape index (κ1) is 15.8. The second-order valence-electron chi connectivity index (χ2n) is 4.52. The second kappa shape index (κ2) is 7.99. The Morgan fingerprint density at radius 2 is 1.59 bits per heavy atom. The highest BCUT2D eigenvalue weighted by Gasteiger charge is 2.05. The van der Waals surface area contributed by atoms with Crippen molar-refractivity contribution in [2.24, 2.45) is 0 Å². The molecule has 0 unspecified atom stereocenters. The van der Waals surface area contributed by atoms with E-state index in [-0.39, 0.29) is 0 Å². The molecule has 0 saturated carbocycles. The highest BCUT2D eigenvalue weighted by Crippen LogP contribution is 2.30. The van der Waals surface area contributed by atoms with Crippen molar-refractivity contribution in [1.29, 1.82) is 0 Å². The van der Waals surface area contributed by atoms with E-state index < -0.39 is 0 Å². The first-order valence-corrected chi connectivity index (χ1v) is 7.52. The number of rotatable bonds is 3. The van der Waals surface area contributed by atoms with Gasteiger partial charge in [-0.1, -0.05) is 62.4 Å². The van der Waals surface area contributed by atoms with Crippen LogP contribution >= 0.6 is 0 Å². The zero-order valence-electron chi connectivity index (χ0n) is 13.3. The molecular weight excluding hydrogens is 270 g/mol. The van der Waals surface area contributed by atoms with Crippen molar-refractivity contribution in [2.45, 2.75) is 13.8 Å². The number of nitrogens with zero attached hydrogens (tertiary/aromatic N) is 1. The van der Waals surface area contributed by atoms with Crippen LogP contribution in [-0.2, 0) is 0 Å². The van der Waals surface area contributed by atoms with Crippen LogP contribution in [0, 0.1) is 0 Å². The topological polar surface area (TPSA) is 22.1 Å². The molecule has 0 spiro atoms. The predicted octanol–water partition coefficient (Wildman–Crippen LogP) is 5.44. The summed E-state index contributed by atoms with van der Waals surface area (Å²) in [6.45, 7) is 4.00. The van der Waals surface area contributed by atoms with Crippen LogP contribution < -0.4 is 4.74 Å². The molecule has 1 heterocycles. The summed E-state index contributed by atoms with van der Waals surface area (Å²) in [5.74, 6) is 0.911. The van der Waals surface area contributed by atoms with Gasteiger partial charge in [-0.15, -0.1) is 0 Å². The molecule has 3 aromatic rings. The molecule has 0 fully saturated rings. The molecule has 0 atom stereocenters. The minimum absolute atomic E-state index is 0.911. The lowest BCUT2D eigenvalue weighted by Crippen LogP contribution is -1.88. The van der Waals surface area contributed by atoms with Crippen molar-refractivity contribution in [2.75, 3.05) is 7.11 Å². The quantitative estimate of drug-likeness (QED) is 0.641. The SMILES string of the molecule is CC.COc1c(/C=C/c2ccncc2)ccc2ccccc12. The van der Waals surface area contributed by atoms with E-state index in [0.717, 1.165) is 22.3 Å². The highest BCUT2D eigenvalue weighted by molar-refractivity contribution is 5.92. The minimum atomic E-state index is 0.911. The molecule has 3 rings (SSSR count). The number of hydrogen-bond donors (Lipinski definition) is 0. The molecule has 2 nitrogen and oxygen atoms in total. The third kappa shape index (κ3) is 3.53. The number of benzene rings is 2. The number of fused-ring (bicyclic) bond motifs is 1. The summed E-state index contributed by atoms with van der Waals surface area (Å²) in [5, 5.41) is 2.32. The summed E-state index contributed by atoms with van der Waals surface area (Å²) in [5.41, 5.74) is 2.19. The maximum atomic E-state index is 5.58. The summed E-state index contributed by atoms with van der Waals surface area (Å²) < 4.78 is 5.58. The van der Waals surface area contributed by atoms with E-state index in [1.807, 2.05) is 38.1 Å². The van der Waals surface area contributed by atoms with Crippen LogP contribution in [0.2, 0.25) is 0 Å². The van der Waals surface area contributed by atoms with E-state index >= 15 is 0 Å². The Hall–Kier alpha value is -2.61. The van der Waals surface area contributed by atoms with E-state index in [9.17, 15) is 0 Å². The van der Waals surface area contributed by atoms with Crippen LogP contribution in [0.1, 0.15) is 25.0 Å². The fourth-order valence-electron chi connectivity index (χ4n) is 2.28. The van der Waals surface area contributed by atoms with Gasteiger partial charge in [0.05, 0.1) is 7.11 Å². The van der Waals surface area contributed by atoms with Crippen molar-refractivity contribution in [3.8, 4) is 5.75 Å². The molecule has 0 aliphatic heterocycles. The van der Waals surface area contributed by atoms with Gasteiger partial charge in [-0.25, -0.2) is 0 Å². The first-order valence-electron chi connectivity index (χ1n) is 7.52. The molecule has 112 valence electrons. The molecular formula is C20H21NO. The van der Waals surface area contributed by atoms with Crippen molar-refractivity contribution in [3.63, 3.8) is 0 Å². The molecule has 2 heteroatoms. The van der Waals surface area contributed by atoms with E-state index in [1.54, 1.807) is 19.5 Å². The van der Waals surface area contributed by atoms with Crippen LogP contribution in [0.3, 0.4) is 0 Å². The zero-order chi connectivity index (χ0) is 15.8. The summed E-state index contributed by atoms with van der Waals surface area (Å²) in [6.07, 6.45) is 7.71. The first-order chi connectivity index (χ1) is 10.9. The Balaban J connectivity index is 0.000000847. The average Bonchev–Trinajstić information content (AvgIpc) is 2.62. The number of pyridine rings is 1. The van der Waals surface area contributed by atoms with Gasteiger partial charge >= 0.3 is 0 Å². The zero-order valence-corrected chi connectivity index (χ0v) is 13.3. The van der Waals surface area contributed by atoms with Crippen molar-refractivity contribution in [1.82, 2.24) is 4.98 Å². The summed E-state index contributed by atoms with van der Waals surface area (Å²) >= 11 is 0. The molecule has 0 aliphatic carbocycles. The van der Waals surface area contributed by atoms with E-state index in [1.165, 1.54) is 5.39 Å². The molecule has 1 aromatic heterocycles. The Bertz CT molecular complexity index is 748. The van der Waals surface area contributed by atoms with Gasteiger partial charge in [-0.2, -0.15) is 0 Å². The van der Waals surface area contributed by atoms with Gasteiger partial charge in [-0.3, -0.25) is 4.98 Å². The van der Waals surface area contributed by atoms with Gasteiger partial charge in [0.1, 0.15) is 5.75 Å². The molecule has 0 saturated heterocycles. The van der Waals surface area contributed by atoms with E-state index in [0.29, 0.717) is 0 Å². The fraction of sp³-hybridized carbons (Fsp3) is 0.150. The Morgan fingerprint density at radius 3 is 2.32 bits per heavy atom. The number of ether oxygens (including phenoxy) is 1. The molecule has 0 amide bonds. The van der Waals surface area contributed by atoms with Crippen LogP contribution in [0.4, 0.5) is 0 Å². The van der Waals surface area contributed by atoms with Crippen LogP contribution in [0.15, 0.2) is 60.9 Å². The summed E-state index contributed by atoms with van der Waals surface area (Å²) in [7, 11) is 1.71. The maximum Gasteiger partial charge on any atom is 0.133 e. The van der Waals surface area contributed by atoms with Gasteiger partial charge in [-0.05, 0) is 23.1 Å². The van der Waals surface area contributed by atoms with Gasteiger partial charge in [0.2, 0.25) is 0 Å². The second-order valence-corrected chi connectivity index (χ2v) is 4.52. The lowest BCUT2D eigenvalue weighted by atomic mass is 10.0. The standard InChI is InChI=1S/C18H15NO.C2H6/c1-20-18-16(7-6-14-10-12-19-13-11-14)9-8-15-4-2-3-5-17(15)18;1-2/h2-13H,1H3;1-2H3/b7-6+;. The van der Waals surface area contributed by atoms with E-state index in [4.69, 9.17) is 4.74 Å². The number of hydrogen-bond acceptors (Lipinski definition) is 2. The Morgan fingerprint density at radius 1 is 0.864 bits per heavy atom. The molecule has 0 N–H and O–H groups in total. The predicted molar refractivity (Wildman–Crippen MR) is 95.0 cm³/mol.